The van der Waals surface area contributed by atoms with Crippen molar-refractivity contribution in [2.75, 3.05) is 32.7 Å². The van der Waals surface area contributed by atoms with E-state index in [-0.39, 0.29) is 50.9 Å². The number of hydrogen-bond acceptors (Lipinski definition) is 5. The smallest absolute Gasteiger partial charge is 0.401 e. The molecule has 3 heterocycles. The number of aromatic nitrogens is 2. The minimum atomic E-state index is -4.34. The summed E-state index contributed by atoms with van der Waals surface area (Å²) in [6, 6.07) is 5.88. The van der Waals surface area contributed by atoms with E-state index in [0.717, 1.165) is 11.8 Å². The molecule has 2 aromatic rings. The molecule has 1 atom stereocenters. The van der Waals surface area contributed by atoms with E-state index < -0.39 is 30.2 Å². The molecular formula is C24H32F4N4O3. The first-order valence-corrected chi connectivity index (χ1v) is 11.7. The van der Waals surface area contributed by atoms with Gasteiger partial charge in [-0.05, 0) is 57.9 Å². The molecule has 2 aliphatic heterocycles. The van der Waals surface area contributed by atoms with Gasteiger partial charge in [0.25, 0.3) is 5.91 Å². The van der Waals surface area contributed by atoms with Gasteiger partial charge in [-0.2, -0.15) is 18.3 Å². The lowest BCUT2D eigenvalue weighted by molar-refractivity contribution is -0.206. The Morgan fingerprint density at radius 2 is 2.03 bits per heavy atom. The molecule has 4 rings (SSSR count). The van der Waals surface area contributed by atoms with E-state index in [1.165, 1.54) is 17.0 Å². The van der Waals surface area contributed by atoms with Crippen LogP contribution in [0.25, 0.3) is 0 Å². The van der Waals surface area contributed by atoms with Crippen molar-refractivity contribution in [3.8, 4) is 5.75 Å². The number of rotatable bonds is 5. The molecule has 11 heteroatoms. The van der Waals surface area contributed by atoms with Gasteiger partial charge in [-0.15, -0.1) is 0 Å². The van der Waals surface area contributed by atoms with Crippen LogP contribution in [-0.4, -0.2) is 76.5 Å². The number of H-pyrrole nitrogens is 1. The largest absolute Gasteiger partial charge is 0.488 e. The van der Waals surface area contributed by atoms with Crippen LogP contribution in [0, 0.1) is 12.7 Å². The van der Waals surface area contributed by atoms with Crippen molar-refractivity contribution in [2.45, 2.75) is 57.6 Å². The van der Waals surface area contributed by atoms with E-state index in [4.69, 9.17) is 9.47 Å². The molecule has 1 amide bonds. The topological polar surface area (TPSA) is 70.7 Å². The number of ether oxygens (including phenoxy) is 2. The highest BCUT2D eigenvalue weighted by atomic mass is 19.4. The maximum absolute atomic E-state index is 14.4. The second-order valence-corrected chi connectivity index (χ2v) is 9.65. The molecule has 2 saturated heterocycles. The lowest BCUT2D eigenvalue weighted by atomic mass is 9.88. The summed E-state index contributed by atoms with van der Waals surface area (Å²) in [6.07, 6.45) is -4.42. The highest BCUT2D eigenvalue weighted by Gasteiger charge is 2.46. The first-order valence-electron chi connectivity index (χ1n) is 11.7. The third-order valence-electron chi connectivity index (χ3n) is 6.29. The Morgan fingerprint density at radius 1 is 1.31 bits per heavy atom. The van der Waals surface area contributed by atoms with Gasteiger partial charge in [0.2, 0.25) is 0 Å². The quantitative estimate of drug-likeness (QED) is 0.613. The van der Waals surface area contributed by atoms with E-state index in [1.807, 2.05) is 6.92 Å². The van der Waals surface area contributed by atoms with Crippen LogP contribution in [0.3, 0.4) is 0 Å². The zero-order valence-corrected chi connectivity index (χ0v) is 20.0. The average Bonchev–Trinajstić information content (AvgIpc) is 3.20. The number of carbonyl (C=O) groups excluding carboxylic acids is 1. The number of benzene rings is 1. The molecule has 1 aromatic heterocycles. The SMILES string of the molecule is Cc1cc(C2CN(CC(F)(F)F)CC3(CCN(C(=O)c4ccc(OC(C)C)c(F)c4)CC3)O2)n[nH]1.[HH]. The first kappa shape index (κ1) is 25.4. The lowest BCUT2D eigenvalue weighted by Crippen LogP contribution is -2.59. The van der Waals surface area contributed by atoms with E-state index in [2.05, 4.69) is 10.2 Å². The number of alkyl halides is 3. The molecular weight excluding hydrogens is 468 g/mol. The van der Waals surface area contributed by atoms with Crippen LogP contribution in [0.1, 0.15) is 56.0 Å². The average molecular weight is 501 g/mol. The molecule has 2 aliphatic rings. The standard InChI is InChI=1S/C24H30F4N4O3.H2/c1-15(2)34-20-5-4-17(11-18(20)25)22(33)32-8-6-23(7-9-32)13-31(14-24(26,27)28)12-21(35-23)19-10-16(3)29-30-19;/h4-5,10-11,15,21H,6-9,12-14H2,1-3H3,(H,29,30);1H. The molecule has 1 N–H and O–H groups in total. The van der Waals surface area contributed by atoms with E-state index >= 15 is 0 Å². The summed E-state index contributed by atoms with van der Waals surface area (Å²) in [6.45, 7) is 5.12. The summed E-state index contributed by atoms with van der Waals surface area (Å²) in [5, 5.41) is 7.01. The summed E-state index contributed by atoms with van der Waals surface area (Å²) in [5.41, 5.74) is 0.718. The summed E-state index contributed by atoms with van der Waals surface area (Å²) < 4.78 is 65.8. The van der Waals surface area contributed by atoms with Gasteiger partial charge in [-0.3, -0.25) is 14.8 Å². The fraction of sp³-hybridized carbons (Fsp3) is 0.583. The van der Waals surface area contributed by atoms with Gasteiger partial charge in [-0.1, -0.05) is 0 Å². The van der Waals surface area contributed by atoms with E-state index in [0.29, 0.717) is 18.5 Å². The van der Waals surface area contributed by atoms with Crippen molar-refractivity contribution in [2.24, 2.45) is 0 Å². The summed E-state index contributed by atoms with van der Waals surface area (Å²) in [7, 11) is 0. The van der Waals surface area contributed by atoms with Crippen molar-refractivity contribution >= 4 is 5.91 Å². The van der Waals surface area contributed by atoms with Crippen LogP contribution in [0.15, 0.2) is 24.3 Å². The highest BCUT2D eigenvalue weighted by Crippen LogP contribution is 2.38. The number of likely N-dealkylation sites (tertiary alicyclic amines) is 1. The molecule has 0 saturated carbocycles. The van der Waals surface area contributed by atoms with Crippen molar-refractivity contribution in [1.29, 1.82) is 0 Å². The molecule has 1 spiro atoms. The van der Waals surface area contributed by atoms with Crippen molar-refractivity contribution in [3.05, 3.63) is 47.0 Å². The first-order chi connectivity index (χ1) is 16.4. The molecule has 1 aromatic carbocycles. The zero-order valence-electron chi connectivity index (χ0n) is 20.0. The van der Waals surface area contributed by atoms with Gasteiger partial charge in [0.05, 0.1) is 23.9 Å². The summed E-state index contributed by atoms with van der Waals surface area (Å²) in [4.78, 5) is 15.9. The Bertz CT molecular complexity index is 1050. The Morgan fingerprint density at radius 3 is 2.60 bits per heavy atom. The predicted octanol–water partition coefficient (Wildman–Crippen LogP) is 4.50. The number of amides is 1. The maximum Gasteiger partial charge on any atom is 0.401 e. The van der Waals surface area contributed by atoms with Gasteiger partial charge in [0.1, 0.15) is 6.10 Å². The third-order valence-corrected chi connectivity index (χ3v) is 6.29. The molecule has 0 radical (unpaired) electrons. The monoisotopic (exact) mass is 500 g/mol. The Balaban J connectivity index is 0.00000361. The van der Waals surface area contributed by atoms with Gasteiger partial charge >= 0.3 is 6.18 Å². The minimum Gasteiger partial charge on any atom is -0.488 e. The van der Waals surface area contributed by atoms with Crippen LogP contribution in [-0.2, 0) is 4.74 Å². The maximum atomic E-state index is 14.4. The zero-order chi connectivity index (χ0) is 25.4. The molecule has 2 fully saturated rings. The Kier molecular flexibility index (Phi) is 7.10. The predicted molar refractivity (Wildman–Crippen MR) is 122 cm³/mol. The van der Waals surface area contributed by atoms with Gasteiger partial charge in [0, 0.05) is 38.9 Å². The third kappa shape index (κ3) is 6.13. The van der Waals surface area contributed by atoms with Crippen LogP contribution in [0.2, 0.25) is 0 Å². The molecule has 1 unspecified atom stereocenters. The molecule has 0 bridgehead atoms. The Labute approximate surface area is 202 Å². The van der Waals surface area contributed by atoms with Crippen molar-refractivity contribution in [3.63, 3.8) is 0 Å². The summed E-state index contributed by atoms with van der Waals surface area (Å²) >= 11 is 0. The van der Waals surface area contributed by atoms with Crippen molar-refractivity contribution in [1.82, 2.24) is 20.0 Å². The second-order valence-electron chi connectivity index (χ2n) is 9.65. The molecule has 0 aliphatic carbocycles. The van der Waals surface area contributed by atoms with Crippen molar-refractivity contribution < 1.29 is 33.3 Å². The van der Waals surface area contributed by atoms with Crippen LogP contribution >= 0.6 is 0 Å². The number of nitrogens with zero attached hydrogens (tertiary/aromatic N) is 3. The normalized spacial score (nSPS) is 21.0. The lowest BCUT2D eigenvalue weighted by Gasteiger charge is -2.49. The van der Waals surface area contributed by atoms with E-state index in [9.17, 15) is 22.4 Å². The minimum absolute atomic E-state index is 0. The number of piperidine rings is 1. The number of morpholine rings is 1. The van der Waals surface area contributed by atoms with Crippen LogP contribution < -0.4 is 4.74 Å². The number of hydrogen-bond donors (Lipinski definition) is 1. The van der Waals surface area contributed by atoms with Gasteiger partial charge < -0.3 is 14.4 Å². The van der Waals surface area contributed by atoms with Gasteiger partial charge in [0.15, 0.2) is 11.6 Å². The number of halogens is 4. The molecule has 7 nitrogen and oxygen atoms in total. The Hall–Kier alpha value is -2.66. The molecule has 35 heavy (non-hydrogen) atoms. The number of aromatic amines is 1. The second kappa shape index (κ2) is 9.77. The van der Waals surface area contributed by atoms with E-state index in [1.54, 1.807) is 24.8 Å². The fourth-order valence-corrected chi connectivity index (χ4v) is 4.77. The van der Waals surface area contributed by atoms with Gasteiger partial charge in [-0.25, -0.2) is 4.39 Å². The highest BCUT2D eigenvalue weighted by molar-refractivity contribution is 5.94. The van der Waals surface area contributed by atoms with Crippen LogP contribution in [0.5, 0.6) is 5.75 Å². The fourth-order valence-electron chi connectivity index (χ4n) is 4.77. The number of aryl methyl sites for hydroxylation is 1. The summed E-state index contributed by atoms with van der Waals surface area (Å²) in [5.74, 6) is -0.875. The number of carbonyl (C=O) groups is 1. The number of nitrogens with one attached hydrogen (secondary N) is 1. The molecule has 194 valence electrons. The van der Waals surface area contributed by atoms with Crippen LogP contribution in [0.4, 0.5) is 17.6 Å².